The Morgan fingerprint density at radius 1 is 0.931 bits per heavy atom. The first-order valence-electron chi connectivity index (χ1n) is 9.14. The number of pyridine rings is 1. The zero-order valence-corrected chi connectivity index (χ0v) is 17.1. The average Bonchev–Trinajstić information content (AvgIpc) is 3.10. The zero-order chi connectivity index (χ0) is 20.0. The molecule has 142 valence electrons. The molecule has 5 aromatic rings. The van der Waals surface area contributed by atoms with Crippen molar-refractivity contribution in [1.82, 2.24) is 15.0 Å². The average molecular weight is 418 g/mol. The van der Waals surface area contributed by atoms with Crippen molar-refractivity contribution < 1.29 is 0 Å². The maximum absolute atomic E-state index is 13.1. The van der Waals surface area contributed by atoms with E-state index >= 15 is 0 Å². The smallest absolute Gasteiger partial charge is 0.263 e. The first kappa shape index (κ1) is 18.0. The maximum atomic E-state index is 13.1. The highest BCUT2D eigenvalue weighted by molar-refractivity contribution is 7.99. The Hall–Kier alpha value is -3.02. The van der Waals surface area contributed by atoms with E-state index in [1.54, 1.807) is 6.07 Å². The molecule has 0 saturated heterocycles. The van der Waals surface area contributed by atoms with Gasteiger partial charge in [0.15, 0.2) is 5.16 Å². The van der Waals surface area contributed by atoms with Crippen LogP contribution in [-0.2, 0) is 0 Å². The predicted molar refractivity (Wildman–Crippen MR) is 120 cm³/mol. The van der Waals surface area contributed by atoms with E-state index in [1.807, 2.05) is 61.5 Å². The Labute approximate surface area is 176 Å². The van der Waals surface area contributed by atoms with Crippen LogP contribution in [0.25, 0.3) is 33.1 Å². The highest BCUT2D eigenvalue weighted by Gasteiger charge is 2.17. The summed E-state index contributed by atoms with van der Waals surface area (Å²) in [5, 5.41) is 2.21. The lowest BCUT2D eigenvalue weighted by Gasteiger charge is -2.12. The molecule has 4 nitrogen and oxygen atoms in total. The minimum Gasteiger partial charge on any atom is -0.333 e. The summed E-state index contributed by atoms with van der Waals surface area (Å²) in [6, 6.07) is 21.5. The summed E-state index contributed by atoms with van der Waals surface area (Å²) in [5.41, 5.74) is 5.39. The summed E-state index contributed by atoms with van der Waals surface area (Å²) < 4.78 is 0. The van der Waals surface area contributed by atoms with Crippen LogP contribution in [-0.4, -0.2) is 15.0 Å². The first-order valence-corrected chi connectivity index (χ1v) is 10.3. The van der Waals surface area contributed by atoms with Gasteiger partial charge in [0.25, 0.3) is 5.56 Å². The number of aryl methyl sites for hydroxylation is 1. The van der Waals surface area contributed by atoms with Crippen molar-refractivity contribution in [3.63, 3.8) is 0 Å². The Kier molecular flexibility index (Phi) is 4.42. The fourth-order valence-electron chi connectivity index (χ4n) is 3.49. The van der Waals surface area contributed by atoms with Gasteiger partial charge in [-0.2, -0.15) is 0 Å². The van der Waals surface area contributed by atoms with E-state index < -0.39 is 0 Å². The van der Waals surface area contributed by atoms with Crippen LogP contribution >= 0.6 is 23.4 Å². The van der Waals surface area contributed by atoms with Crippen molar-refractivity contribution >= 4 is 45.3 Å². The maximum Gasteiger partial charge on any atom is 0.263 e. The van der Waals surface area contributed by atoms with Gasteiger partial charge < -0.3 is 9.97 Å². The number of aromatic nitrogens is 3. The molecule has 0 aliphatic carbocycles. The SMILES string of the molecule is Cc1ccc2nc(Sc3c(-c4ccccc4)c4ccc(Cl)cc4[nH]c3=O)[nH]c2c1. The second-order valence-corrected chi connectivity index (χ2v) is 8.31. The first-order chi connectivity index (χ1) is 14.1. The number of hydrogen-bond donors (Lipinski definition) is 2. The normalized spacial score (nSPS) is 11.4. The molecule has 3 aromatic carbocycles. The van der Waals surface area contributed by atoms with Crippen LogP contribution in [0.4, 0.5) is 0 Å². The third-order valence-corrected chi connectivity index (χ3v) is 6.02. The Bertz CT molecular complexity index is 1420. The van der Waals surface area contributed by atoms with E-state index in [9.17, 15) is 4.79 Å². The van der Waals surface area contributed by atoms with Crippen molar-refractivity contribution in [3.05, 3.63) is 87.7 Å². The number of hydrogen-bond acceptors (Lipinski definition) is 3. The number of H-pyrrole nitrogens is 2. The molecule has 2 heterocycles. The van der Waals surface area contributed by atoms with Gasteiger partial charge in [-0.3, -0.25) is 4.79 Å². The number of imidazole rings is 1. The Morgan fingerprint density at radius 3 is 2.59 bits per heavy atom. The van der Waals surface area contributed by atoms with Crippen LogP contribution in [0.15, 0.2) is 81.6 Å². The summed E-state index contributed by atoms with van der Waals surface area (Å²) in [5.74, 6) is 0. The van der Waals surface area contributed by atoms with Crippen molar-refractivity contribution in [3.8, 4) is 11.1 Å². The molecule has 0 aliphatic rings. The van der Waals surface area contributed by atoms with Gasteiger partial charge in [-0.05, 0) is 54.1 Å². The molecule has 0 bridgehead atoms. The number of rotatable bonds is 3. The van der Waals surface area contributed by atoms with Crippen molar-refractivity contribution in [2.75, 3.05) is 0 Å². The standard InChI is InChI=1S/C23H16ClN3OS/c1-13-7-10-17-19(11-13)27-23(26-17)29-21-20(14-5-3-2-4-6-14)16-9-8-15(24)12-18(16)25-22(21)28/h2-12H,1H3,(H,25,28)(H,26,27). The number of fused-ring (bicyclic) bond motifs is 2. The highest BCUT2D eigenvalue weighted by atomic mass is 35.5. The van der Waals surface area contributed by atoms with E-state index in [2.05, 4.69) is 21.0 Å². The minimum absolute atomic E-state index is 0.166. The van der Waals surface area contributed by atoms with Crippen LogP contribution in [0, 0.1) is 6.92 Å². The summed E-state index contributed by atoms with van der Waals surface area (Å²) in [6.45, 7) is 2.04. The molecular weight excluding hydrogens is 402 g/mol. The second kappa shape index (κ2) is 7.10. The van der Waals surface area contributed by atoms with E-state index in [-0.39, 0.29) is 5.56 Å². The van der Waals surface area contributed by atoms with Gasteiger partial charge in [-0.1, -0.05) is 54.1 Å². The summed E-state index contributed by atoms with van der Waals surface area (Å²) in [7, 11) is 0. The number of nitrogens with zero attached hydrogens (tertiary/aromatic N) is 1. The van der Waals surface area contributed by atoms with Gasteiger partial charge in [-0.15, -0.1) is 0 Å². The largest absolute Gasteiger partial charge is 0.333 e. The molecule has 0 saturated carbocycles. The Balaban J connectivity index is 1.74. The lowest BCUT2D eigenvalue weighted by molar-refractivity contribution is 1.07. The molecule has 2 N–H and O–H groups in total. The van der Waals surface area contributed by atoms with Gasteiger partial charge >= 0.3 is 0 Å². The molecule has 29 heavy (non-hydrogen) atoms. The molecule has 0 radical (unpaired) electrons. The molecule has 0 fully saturated rings. The predicted octanol–water partition coefficient (Wildman–Crippen LogP) is 6.18. The quantitative estimate of drug-likeness (QED) is 0.368. The van der Waals surface area contributed by atoms with Crippen molar-refractivity contribution in [2.45, 2.75) is 17.0 Å². The summed E-state index contributed by atoms with van der Waals surface area (Å²) in [6.07, 6.45) is 0. The van der Waals surface area contributed by atoms with Crippen LogP contribution in [0.5, 0.6) is 0 Å². The van der Waals surface area contributed by atoms with Crippen LogP contribution in [0.2, 0.25) is 5.02 Å². The van der Waals surface area contributed by atoms with Crippen LogP contribution in [0.1, 0.15) is 5.56 Å². The van der Waals surface area contributed by atoms with Gasteiger partial charge in [-0.25, -0.2) is 4.98 Å². The second-order valence-electron chi connectivity index (χ2n) is 6.88. The highest BCUT2D eigenvalue weighted by Crippen LogP contribution is 2.37. The van der Waals surface area contributed by atoms with Crippen LogP contribution in [0.3, 0.4) is 0 Å². The molecule has 2 aromatic heterocycles. The zero-order valence-electron chi connectivity index (χ0n) is 15.5. The molecule has 0 amide bonds. The van der Waals surface area contributed by atoms with Crippen molar-refractivity contribution in [1.29, 1.82) is 0 Å². The molecule has 6 heteroatoms. The summed E-state index contributed by atoms with van der Waals surface area (Å²) >= 11 is 7.50. The fraction of sp³-hybridized carbons (Fsp3) is 0.0435. The minimum atomic E-state index is -0.166. The topological polar surface area (TPSA) is 61.5 Å². The monoisotopic (exact) mass is 417 g/mol. The molecule has 0 atom stereocenters. The molecular formula is C23H16ClN3OS. The van der Waals surface area contributed by atoms with Crippen molar-refractivity contribution in [2.24, 2.45) is 0 Å². The number of nitrogens with one attached hydrogen (secondary N) is 2. The fourth-order valence-corrected chi connectivity index (χ4v) is 4.63. The molecule has 5 rings (SSSR count). The van der Waals surface area contributed by atoms with Crippen LogP contribution < -0.4 is 5.56 Å². The van der Waals surface area contributed by atoms with Gasteiger partial charge in [0.2, 0.25) is 0 Å². The summed E-state index contributed by atoms with van der Waals surface area (Å²) in [4.78, 5) is 24.6. The third kappa shape index (κ3) is 3.33. The molecule has 0 aliphatic heterocycles. The van der Waals surface area contributed by atoms with E-state index in [1.165, 1.54) is 11.8 Å². The van der Waals surface area contributed by atoms with E-state index in [0.717, 1.165) is 33.1 Å². The third-order valence-electron chi connectivity index (χ3n) is 4.81. The van der Waals surface area contributed by atoms with E-state index in [0.29, 0.717) is 20.6 Å². The van der Waals surface area contributed by atoms with Gasteiger partial charge in [0.05, 0.1) is 21.4 Å². The van der Waals surface area contributed by atoms with Gasteiger partial charge in [0.1, 0.15) is 0 Å². The lowest BCUT2D eigenvalue weighted by Crippen LogP contribution is -2.10. The Morgan fingerprint density at radius 2 is 1.76 bits per heavy atom. The number of halogens is 1. The molecule has 0 spiro atoms. The number of benzene rings is 3. The molecule has 0 unspecified atom stereocenters. The van der Waals surface area contributed by atoms with Gasteiger partial charge in [0, 0.05) is 16.0 Å². The van der Waals surface area contributed by atoms with E-state index in [4.69, 9.17) is 11.6 Å². The lowest BCUT2D eigenvalue weighted by atomic mass is 10.0. The number of aromatic amines is 2.